The molecule has 2 aromatic carbocycles. The third-order valence-corrected chi connectivity index (χ3v) is 5.65. The Bertz CT molecular complexity index is 1220. The Hall–Kier alpha value is -3.49. The van der Waals surface area contributed by atoms with Crippen LogP contribution in [0, 0.1) is 6.92 Å². The number of hydrogen-bond donors (Lipinski definition) is 1. The van der Waals surface area contributed by atoms with Crippen LogP contribution in [0.25, 0.3) is 17.1 Å². The second-order valence-electron chi connectivity index (χ2n) is 6.85. The minimum Gasteiger partial charge on any atom is -0.272 e. The summed E-state index contributed by atoms with van der Waals surface area (Å²) in [6.07, 6.45) is 5.00. The summed E-state index contributed by atoms with van der Waals surface area (Å²) >= 11 is 7.33. The number of amides is 1. The van der Waals surface area contributed by atoms with Gasteiger partial charge in [-0.15, -0.1) is 10.2 Å². The highest BCUT2D eigenvalue weighted by molar-refractivity contribution is 7.99. The molecule has 0 unspecified atom stereocenters. The van der Waals surface area contributed by atoms with Crippen LogP contribution in [0.2, 0.25) is 5.02 Å². The highest BCUT2D eigenvalue weighted by atomic mass is 35.5. The van der Waals surface area contributed by atoms with Crippen molar-refractivity contribution in [2.75, 3.05) is 5.75 Å². The molecule has 9 heteroatoms. The van der Waals surface area contributed by atoms with Crippen molar-refractivity contribution in [2.24, 2.45) is 5.10 Å². The van der Waals surface area contributed by atoms with E-state index >= 15 is 0 Å². The molecule has 0 atom stereocenters. The Labute approximate surface area is 194 Å². The number of benzene rings is 2. The average Bonchev–Trinajstić information content (AvgIpc) is 3.24. The zero-order valence-corrected chi connectivity index (χ0v) is 18.7. The van der Waals surface area contributed by atoms with Crippen molar-refractivity contribution in [2.45, 2.75) is 12.1 Å². The standard InChI is InChI=1S/C23H19ClN6OS/c1-16-2-4-17(5-3-16)14-26-27-21(31)15-32-23-29-28-22(18-10-12-25-13-11-18)30(23)20-8-6-19(24)7-9-20/h2-14H,15H2,1H3,(H,27,31)/b26-14+. The van der Waals surface area contributed by atoms with E-state index in [1.807, 2.05) is 60.0 Å². The molecule has 2 heterocycles. The summed E-state index contributed by atoms with van der Waals surface area (Å²) < 4.78 is 1.89. The first-order chi connectivity index (χ1) is 15.6. The molecule has 1 N–H and O–H groups in total. The van der Waals surface area contributed by atoms with Gasteiger partial charge in [-0.1, -0.05) is 53.2 Å². The van der Waals surface area contributed by atoms with Gasteiger partial charge in [0.05, 0.1) is 12.0 Å². The third kappa shape index (κ3) is 5.40. The van der Waals surface area contributed by atoms with Crippen molar-refractivity contribution < 1.29 is 4.79 Å². The van der Waals surface area contributed by atoms with Crippen LogP contribution in [0.15, 0.2) is 83.3 Å². The van der Waals surface area contributed by atoms with Gasteiger partial charge in [0.15, 0.2) is 11.0 Å². The summed E-state index contributed by atoms with van der Waals surface area (Å²) in [4.78, 5) is 16.4. The molecule has 4 aromatic rings. The van der Waals surface area contributed by atoms with Crippen LogP contribution >= 0.6 is 23.4 Å². The molecule has 32 heavy (non-hydrogen) atoms. The molecule has 0 spiro atoms. The molecule has 1 amide bonds. The Morgan fingerprint density at radius 3 is 2.50 bits per heavy atom. The van der Waals surface area contributed by atoms with Crippen LogP contribution in [-0.2, 0) is 4.79 Å². The predicted octanol–water partition coefficient (Wildman–Crippen LogP) is 4.53. The number of nitrogens with one attached hydrogen (secondary N) is 1. The lowest BCUT2D eigenvalue weighted by atomic mass is 10.2. The molecule has 0 aliphatic carbocycles. The first-order valence-corrected chi connectivity index (χ1v) is 11.1. The van der Waals surface area contributed by atoms with Crippen LogP contribution in [0.4, 0.5) is 0 Å². The fraction of sp³-hybridized carbons (Fsp3) is 0.0870. The van der Waals surface area contributed by atoms with E-state index < -0.39 is 0 Å². The van der Waals surface area contributed by atoms with Crippen molar-refractivity contribution in [1.29, 1.82) is 0 Å². The number of aromatic nitrogens is 4. The number of nitrogens with zero attached hydrogens (tertiary/aromatic N) is 5. The van der Waals surface area contributed by atoms with Gasteiger partial charge >= 0.3 is 0 Å². The van der Waals surface area contributed by atoms with E-state index in [1.54, 1.807) is 30.7 Å². The Balaban J connectivity index is 1.49. The highest BCUT2D eigenvalue weighted by Crippen LogP contribution is 2.28. The summed E-state index contributed by atoms with van der Waals surface area (Å²) in [5, 5.41) is 13.9. The second kappa shape index (κ2) is 10.2. The number of rotatable bonds is 7. The molecule has 7 nitrogen and oxygen atoms in total. The maximum absolute atomic E-state index is 12.3. The van der Waals surface area contributed by atoms with Gasteiger partial charge in [0, 0.05) is 28.7 Å². The summed E-state index contributed by atoms with van der Waals surface area (Å²) in [6.45, 7) is 2.02. The molecule has 0 radical (unpaired) electrons. The van der Waals surface area contributed by atoms with Gasteiger partial charge in [-0.2, -0.15) is 5.10 Å². The molecule has 0 saturated heterocycles. The van der Waals surface area contributed by atoms with Crippen LogP contribution in [0.3, 0.4) is 0 Å². The van der Waals surface area contributed by atoms with Crippen LogP contribution in [-0.4, -0.2) is 37.6 Å². The SMILES string of the molecule is Cc1ccc(/C=N/NC(=O)CSc2nnc(-c3ccncc3)n2-c2ccc(Cl)cc2)cc1. The number of aryl methyl sites for hydroxylation is 1. The van der Waals surface area contributed by atoms with Gasteiger partial charge in [0.1, 0.15) is 0 Å². The molecule has 0 bridgehead atoms. The molecular formula is C23H19ClN6OS. The fourth-order valence-electron chi connectivity index (χ4n) is 2.87. The molecule has 2 aromatic heterocycles. The molecule has 4 rings (SSSR count). The van der Waals surface area contributed by atoms with Crippen LogP contribution in [0.5, 0.6) is 0 Å². The van der Waals surface area contributed by atoms with E-state index in [0.717, 1.165) is 16.8 Å². The van der Waals surface area contributed by atoms with Gasteiger partial charge in [-0.3, -0.25) is 14.3 Å². The first kappa shape index (κ1) is 21.7. The number of carbonyl (C=O) groups excluding carboxylic acids is 1. The van der Waals surface area contributed by atoms with E-state index in [2.05, 4.69) is 25.7 Å². The van der Waals surface area contributed by atoms with Crippen molar-refractivity contribution in [3.05, 3.63) is 89.2 Å². The first-order valence-electron chi connectivity index (χ1n) is 9.73. The molecular weight excluding hydrogens is 444 g/mol. The lowest BCUT2D eigenvalue weighted by Crippen LogP contribution is -2.20. The van der Waals surface area contributed by atoms with Crippen molar-refractivity contribution in [3.8, 4) is 17.1 Å². The second-order valence-corrected chi connectivity index (χ2v) is 8.23. The van der Waals surface area contributed by atoms with Crippen LogP contribution in [0.1, 0.15) is 11.1 Å². The smallest absolute Gasteiger partial charge is 0.250 e. The zero-order valence-electron chi connectivity index (χ0n) is 17.1. The van der Waals surface area contributed by atoms with E-state index in [1.165, 1.54) is 17.3 Å². The maximum Gasteiger partial charge on any atom is 0.250 e. The summed E-state index contributed by atoms with van der Waals surface area (Å²) in [7, 11) is 0. The van der Waals surface area contributed by atoms with Gasteiger partial charge in [-0.25, -0.2) is 5.43 Å². The number of thioether (sulfide) groups is 1. The van der Waals surface area contributed by atoms with Gasteiger partial charge in [-0.05, 0) is 48.9 Å². The summed E-state index contributed by atoms with van der Waals surface area (Å²) in [6, 6.07) is 18.9. The minimum atomic E-state index is -0.241. The fourth-order valence-corrected chi connectivity index (χ4v) is 3.74. The zero-order chi connectivity index (χ0) is 22.3. The Morgan fingerprint density at radius 2 is 1.78 bits per heavy atom. The largest absolute Gasteiger partial charge is 0.272 e. The van der Waals surface area contributed by atoms with Crippen molar-refractivity contribution in [1.82, 2.24) is 25.2 Å². The molecule has 0 fully saturated rings. The normalized spacial score (nSPS) is 11.1. The topological polar surface area (TPSA) is 85.1 Å². The predicted molar refractivity (Wildman–Crippen MR) is 127 cm³/mol. The lowest BCUT2D eigenvalue weighted by molar-refractivity contribution is -0.118. The summed E-state index contributed by atoms with van der Waals surface area (Å²) in [5.41, 5.74) is 6.33. The van der Waals surface area contributed by atoms with Crippen molar-refractivity contribution in [3.63, 3.8) is 0 Å². The van der Waals surface area contributed by atoms with E-state index in [4.69, 9.17) is 11.6 Å². The van der Waals surface area contributed by atoms with Gasteiger partial charge < -0.3 is 0 Å². The van der Waals surface area contributed by atoms with E-state index in [0.29, 0.717) is 16.0 Å². The van der Waals surface area contributed by atoms with Crippen LogP contribution < -0.4 is 5.43 Å². The lowest BCUT2D eigenvalue weighted by Gasteiger charge is -2.10. The minimum absolute atomic E-state index is 0.132. The quantitative estimate of drug-likeness (QED) is 0.248. The molecule has 0 aliphatic heterocycles. The molecule has 160 valence electrons. The maximum atomic E-state index is 12.3. The molecule has 0 aliphatic rings. The number of pyridine rings is 1. The van der Waals surface area contributed by atoms with E-state index in [9.17, 15) is 4.79 Å². The monoisotopic (exact) mass is 462 g/mol. The van der Waals surface area contributed by atoms with Crippen molar-refractivity contribution >= 4 is 35.5 Å². The average molecular weight is 463 g/mol. The molecule has 0 saturated carbocycles. The number of hydrogen-bond acceptors (Lipinski definition) is 6. The van der Waals surface area contributed by atoms with Gasteiger partial charge in [0.2, 0.25) is 0 Å². The van der Waals surface area contributed by atoms with E-state index in [-0.39, 0.29) is 11.7 Å². The number of halogens is 1. The van der Waals surface area contributed by atoms with Gasteiger partial charge in [0.25, 0.3) is 5.91 Å². The Morgan fingerprint density at radius 1 is 1.06 bits per heavy atom. The highest BCUT2D eigenvalue weighted by Gasteiger charge is 2.17. The Kier molecular flexibility index (Phi) is 6.94. The third-order valence-electron chi connectivity index (χ3n) is 4.47. The number of hydrazone groups is 1. The number of carbonyl (C=O) groups is 1. The summed E-state index contributed by atoms with van der Waals surface area (Å²) in [5.74, 6) is 0.539.